The SMILES string of the molecule is Cc1cccc2nc(C(=O)OCc3ccccc3F)cn12. The Labute approximate surface area is 120 Å². The molecule has 0 aliphatic heterocycles. The van der Waals surface area contributed by atoms with Crippen LogP contribution in [0.4, 0.5) is 4.39 Å². The van der Waals surface area contributed by atoms with Gasteiger partial charge in [-0.2, -0.15) is 0 Å². The number of carbonyl (C=O) groups is 1. The van der Waals surface area contributed by atoms with Gasteiger partial charge in [-0.25, -0.2) is 14.2 Å². The van der Waals surface area contributed by atoms with E-state index in [-0.39, 0.29) is 12.3 Å². The van der Waals surface area contributed by atoms with Gasteiger partial charge in [0.2, 0.25) is 0 Å². The van der Waals surface area contributed by atoms with Gasteiger partial charge in [-0.15, -0.1) is 0 Å². The monoisotopic (exact) mass is 284 g/mol. The first-order valence-electron chi connectivity index (χ1n) is 6.50. The lowest BCUT2D eigenvalue weighted by Crippen LogP contribution is -2.06. The quantitative estimate of drug-likeness (QED) is 0.694. The molecule has 3 aromatic rings. The van der Waals surface area contributed by atoms with Crippen LogP contribution in [0.5, 0.6) is 0 Å². The molecule has 0 amide bonds. The molecule has 0 N–H and O–H groups in total. The van der Waals surface area contributed by atoms with Crippen molar-refractivity contribution in [2.24, 2.45) is 0 Å². The van der Waals surface area contributed by atoms with Gasteiger partial charge in [0, 0.05) is 17.5 Å². The number of esters is 1. The smallest absolute Gasteiger partial charge is 0.358 e. The molecule has 0 fully saturated rings. The van der Waals surface area contributed by atoms with E-state index in [1.165, 1.54) is 6.07 Å². The summed E-state index contributed by atoms with van der Waals surface area (Å²) in [6.45, 7) is 1.81. The number of rotatable bonds is 3. The lowest BCUT2D eigenvalue weighted by Gasteiger charge is -2.03. The third kappa shape index (κ3) is 2.63. The highest BCUT2D eigenvalue weighted by Gasteiger charge is 2.13. The number of aryl methyl sites for hydroxylation is 1. The maximum absolute atomic E-state index is 13.5. The fourth-order valence-corrected chi connectivity index (χ4v) is 2.08. The minimum Gasteiger partial charge on any atom is -0.456 e. The van der Waals surface area contributed by atoms with Crippen LogP contribution in [-0.4, -0.2) is 15.4 Å². The van der Waals surface area contributed by atoms with E-state index >= 15 is 0 Å². The standard InChI is InChI=1S/C16H13FN2O2/c1-11-5-4-8-15-18-14(9-19(11)15)16(20)21-10-12-6-2-3-7-13(12)17/h2-9H,10H2,1H3. The zero-order valence-corrected chi connectivity index (χ0v) is 11.4. The molecule has 4 nitrogen and oxygen atoms in total. The molecule has 2 heterocycles. The van der Waals surface area contributed by atoms with Gasteiger partial charge < -0.3 is 9.14 Å². The second-order valence-electron chi connectivity index (χ2n) is 4.69. The number of benzene rings is 1. The van der Waals surface area contributed by atoms with Gasteiger partial charge in [0.1, 0.15) is 18.1 Å². The third-order valence-corrected chi connectivity index (χ3v) is 3.22. The van der Waals surface area contributed by atoms with E-state index in [1.54, 1.807) is 34.9 Å². The van der Waals surface area contributed by atoms with Crippen LogP contribution in [0.1, 0.15) is 21.7 Å². The highest BCUT2D eigenvalue weighted by Crippen LogP contribution is 2.12. The summed E-state index contributed by atoms with van der Waals surface area (Å²) in [5, 5.41) is 0. The Morgan fingerprint density at radius 3 is 2.81 bits per heavy atom. The van der Waals surface area contributed by atoms with Crippen molar-refractivity contribution in [3.8, 4) is 0 Å². The second-order valence-corrected chi connectivity index (χ2v) is 4.69. The fourth-order valence-electron chi connectivity index (χ4n) is 2.08. The van der Waals surface area contributed by atoms with Crippen molar-refractivity contribution < 1.29 is 13.9 Å². The molecule has 3 rings (SSSR count). The van der Waals surface area contributed by atoms with Crippen LogP contribution < -0.4 is 0 Å². The summed E-state index contributed by atoms with van der Waals surface area (Å²) in [5.74, 6) is -0.961. The summed E-state index contributed by atoms with van der Waals surface area (Å²) in [5.41, 5.74) is 2.19. The van der Waals surface area contributed by atoms with Crippen LogP contribution >= 0.6 is 0 Å². The Morgan fingerprint density at radius 1 is 1.24 bits per heavy atom. The highest BCUT2D eigenvalue weighted by molar-refractivity contribution is 5.88. The molecule has 0 bridgehead atoms. The molecule has 0 spiro atoms. The van der Waals surface area contributed by atoms with Gasteiger partial charge in [-0.1, -0.05) is 24.3 Å². The molecule has 0 unspecified atom stereocenters. The average Bonchev–Trinajstić information content (AvgIpc) is 2.92. The van der Waals surface area contributed by atoms with Gasteiger partial charge in [0.25, 0.3) is 0 Å². The molecule has 2 aromatic heterocycles. The van der Waals surface area contributed by atoms with Crippen LogP contribution in [0.15, 0.2) is 48.7 Å². The van der Waals surface area contributed by atoms with E-state index < -0.39 is 11.8 Å². The Kier molecular flexibility index (Phi) is 3.39. The zero-order chi connectivity index (χ0) is 14.8. The number of aromatic nitrogens is 2. The van der Waals surface area contributed by atoms with Crippen molar-refractivity contribution in [3.05, 3.63) is 71.4 Å². The maximum atomic E-state index is 13.5. The summed E-state index contributed by atoms with van der Waals surface area (Å²) >= 11 is 0. The number of imidazole rings is 1. The van der Waals surface area contributed by atoms with Crippen molar-refractivity contribution in [2.75, 3.05) is 0 Å². The summed E-state index contributed by atoms with van der Waals surface area (Å²) in [6.07, 6.45) is 1.62. The largest absolute Gasteiger partial charge is 0.456 e. The van der Waals surface area contributed by atoms with E-state index in [0.29, 0.717) is 11.2 Å². The van der Waals surface area contributed by atoms with E-state index in [9.17, 15) is 9.18 Å². The van der Waals surface area contributed by atoms with Crippen molar-refractivity contribution in [1.82, 2.24) is 9.38 Å². The van der Waals surface area contributed by atoms with Crippen LogP contribution in [0.3, 0.4) is 0 Å². The number of halogens is 1. The zero-order valence-electron chi connectivity index (χ0n) is 11.4. The molecule has 0 saturated heterocycles. The molecule has 5 heteroatoms. The molecule has 106 valence electrons. The van der Waals surface area contributed by atoms with Crippen LogP contribution in [0.25, 0.3) is 5.65 Å². The first-order valence-corrected chi connectivity index (χ1v) is 6.50. The summed E-state index contributed by atoms with van der Waals surface area (Å²) in [4.78, 5) is 16.2. The maximum Gasteiger partial charge on any atom is 0.358 e. The molecule has 1 aromatic carbocycles. The fraction of sp³-hybridized carbons (Fsp3) is 0.125. The summed E-state index contributed by atoms with van der Waals surface area (Å²) < 4.78 is 20.4. The topological polar surface area (TPSA) is 43.6 Å². The Hall–Kier alpha value is -2.69. The first-order chi connectivity index (χ1) is 10.1. The summed E-state index contributed by atoms with van der Waals surface area (Å²) in [6, 6.07) is 11.8. The van der Waals surface area contributed by atoms with Gasteiger partial charge in [-0.05, 0) is 25.1 Å². The number of pyridine rings is 1. The van der Waals surface area contributed by atoms with Gasteiger partial charge in [0.15, 0.2) is 5.69 Å². The number of ether oxygens (including phenoxy) is 1. The van der Waals surface area contributed by atoms with E-state index in [2.05, 4.69) is 4.98 Å². The number of carbonyl (C=O) groups excluding carboxylic acids is 1. The molecular weight excluding hydrogens is 271 g/mol. The van der Waals surface area contributed by atoms with Gasteiger partial charge in [-0.3, -0.25) is 0 Å². The van der Waals surface area contributed by atoms with Crippen molar-refractivity contribution >= 4 is 11.6 Å². The van der Waals surface area contributed by atoms with Crippen molar-refractivity contribution in [2.45, 2.75) is 13.5 Å². The number of nitrogens with zero attached hydrogens (tertiary/aromatic N) is 2. The van der Waals surface area contributed by atoms with Crippen LogP contribution in [0.2, 0.25) is 0 Å². The number of hydrogen-bond acceptors (Lipinski definition) is 3. The average molecular weight is 284 g/mol. The molecule has 0 radical (unpaired) electrons. The molecule has 0 aliphatic carbocycles. The predicted molar refractivity (Wildman–Crippen MR) is 75.4 cm³/mol. The van der Waals surface area contributed by atoms with Crippen molar-refractivity contribution in [3.63, 3.8) is 0 Å². The normalized spacial score (nSPS) is 10.8. The predicted octanol–water partition coefficient (Wildman–Crippen LogP) is 3.14. The minimum absolute atomic E-state index is 0.113. The van der Waals surface area contributed by atoms with E-state index in [1.807, 2.05) is 19.1 Å². The summed E-state index contributed by atoms with van der Waals surface area (Å²) in [7, 11) is 0. The van der Waals surface area contributed by atoms with Crippen LogP contribution in [-0.2, 0) is 11.3 Å². The lowest BCUT2D eigenvalue weighted by atomic mass is 10.2. The number of hydrogen-bond donors (Lipinski definition) is 0. The lowest BCUT2D eigenvalue weighted by molar-refractivity contribution is 0.0463. The molecule has 0 atom stereocenters. The first kappa shape index (κ1) is 13.3. The Bertz CT molecular complexity index is 811. The van der Waals surface area contributed by atoms with Crippen molar-refractivity contribution in [1.29, 1.82) is 0 Å². The highest BCUT2D eigenvalue weighted by atomic mass is 19.1. The molecule has 21 heavy (non-hydrogen) atoms. The Balaban J connectivity index is 1.78. The second kappa shape index (κ2) is 5.36. The molecular formula is C16H13FN2O2. The Morgan fingerprint density at radius 2 is 2.05 bits per heavy atom. The van der Waals surface area contributed by atoms with Gasteiger partial charge in [0.05, 0.1) is 0 Å². The minimum atomic E-state index is -0.568. The number of fused-ring (bicyclic) bond motifs is 1. The molecule has 0 aliphatic rings. The third-order valence-electron chi connectivity index (χ3n) is 3.22. The van der Waals surface area contributed by atoms with E-state index in [0.717, 1.165) is 5.69 Å². The molecule has 0 saturated carbocycles. The van der Waals surface area contributed by atoms with Gasteiger partial charge >= 0.3 is 5.97 Å². The van der Waals surface area contributed by atoms with E-state index in [4.69, 9.17) is 4.74 Å². The van der Waals surface area contributed by atoms with Crippen LogP contribution in [0, 0.1) is 12.7 Å².